The maximum Gasteiger partial charge on any atom is 0.256 e. The molecule has 1 amide bonds. The number of nitrogens with zero attached hydrogens (tertiary/aromatic N) is 1. The topological polar surface area (TPSA) is 32.3 Å². The van der Waals surface area contributed by atoms with Crippen LogP contribution >= 0.6 is 0 Å². The van der Waals surface area contributed by atoms with Crippen LogP contribution in [-0.2, 0) is 0 Å². The minimum Gasteiger partial charge on any atom is -0.339 e. The molecule has 1 heterocycles. The monoisotopic (exact) mass is 254 g/mol. The lowest BCUT2D eigenvalue weighted by molar-refractivity contribution is 0.0698. The molecule has 5 heteroatoms. The molecule has 0 radical (unpaired) electrons. The fourth-order valence-electron chi connectivity index (χ4n) is 2.21. The van der Waals surface area contributed by atoms with Crippen LogP contribution in [-0.4, -0.2) is 37.0 Å². The number of amides is 1. The lowest BCUT2D eigenvalue weighted by atomic mass is 10.0. The minimum atomic E-state index is -0.805. The zero-order chi connectivity index (χ0) is 13.1. The summed E-state index contributed by atoms with van der Waals surface area (Å²) in [5, 5.41) is 3.21. The van der Waals surface area contributed by atoms with Crippen molar-refractivity contribution in [2.75, 3.05) is 20.1 Å². The first-order valence-electron chi connectivity index (χ1n) is 6.02. The van der Waals surface area contributed by atoms with Gasteiger partial charge >= 0.3 is 0 Å². The molecule has 0 bridgehead atoms. The number of halogens is 2. The van der Waals surface area contributed by atoms with Gasteiger partial charge in [-0.3, -0.25) is 4.79 Å². The Bertz CT molecular complexity index is 445. The van der Waals surface area contributed by atoms with Gasteiger partial charge in [0.2, 0.25) is 0 Å². The van der Waals surface area contributed by atoms with Crippen molar-refractivity contribution in [2.24, 2.45) is 0 Å². The van der Waals surface area contributed by atoms with E-state index in [1.807, 2.05) is 0 Å². The largest absolute Gasteiger partial charge is 0.339 e. The van der Waals surface area contributed by atoms with Crippen LogP contribution in [0.1, 0.15) is 23.2 Å². The molecule has 1 saturated heterocycles. The van der Waals surface area contributed by atoms with Crippen LogP contribution in [0.4, 0.5) is 8.78 Å². The van der Waals surface area contributed by atoms with Crippen molar-refractivity contribution in [1.29, 1.82) is 0 Å². The van der Waals surface area contributed by atoms with Gasteiger partial charge in [-0.15, -0.1) is 0 Å². The van der Waals surface area contributed by atoms with E-state index in [2.05, 4.69) is 5.32 Å². The van der Waals surface area contributed by atoms with Gasteiger partial charge in [-0.1, -0.05) is 0 Å². The van der Waals surface area contributed by atoms with Gasteiger partial charge in [0.1, 0.15) is 11.6 Å². The van der Waals surface area contributed by atoms with E-state index in [4.69, 9.17) is 0 Å². The molecule has 98 valence electrons. The Morgan fingerprint density at radius 3 is 2.61 bits per heavy atom. The zero-order valence-corrected chi connectivity index (χ0v) is 10.2. The van der Waals surface area contributed by atoms with Crippen molar-refractivity contribution >= 4 is 5.91 Å². The van der Waals surface area contributed by atoms with Gasteiger partial charge in [0.05, 0.1) is 5.56 Å². The molecule has 18 heavy (non-hydrogen) atoms. The van der Waals surface area contributed by atoms with Gasteiger partial charge in [-0.05, 0) is 38.1 Å². The third kappa shape index (κ3) is 2.67. The Morgan fingerprint density at radius 2 is 2.00 bits per heavy atom. The molecule has 1 aromatic rings. The molecule has 1 aromatic carbocycles. The summed E-state index contributed by atoms with van der Waals surface area (Å²) in [7, 11) is 1.67. The number of rotatable bonds is 2. The average Bonchev–Trinajstić information content (AvgIpc) is 2.38. The Hall–Kier alpha value is -1.49. The van der Waals surface area contributed by atoms with Crippen LogP contribution < -0.4 is 5.32 Å². The fourth-order valence-corrected chi connectivity index (χ4v) is 2.21. The number of piperidine rings is 1. The molecule has 1 N–H and O–H groups in total. The summed E-state index contributed by atoms with van der Waals surface area (Å²) in [6.45, 7) is 1.71. The number of carbonyl (C=O) groups excluding carboxylic acids is 1. The van der Waals surface area contributed by atoms with Crippen LogP contribution in [0.3, 0.4) is 0 Å². The van der Waals surface area contributed by atoms with Crippen molar-refractivity contribution < 1.29 is 13.6 Å². The maximum atomic E-state index is 13.5. The second-order valence-electron chi connectivity index (χ2n) is 4.52. The lowest BCUT2D eigenvalue weighted by Gasteiger charge is -2.31. The Kier molecular flexibility index (Phi) is 3.91. The van der Waals surface area contributed by atoms with Gasteiger partial charge in [0.25, 0.3) is 5.91 Å². The van der Waals surface area contributed by atoms with E-state index in [-0.39, 0.29) is 17.5 Å². The van der Waals surface area contributed by atoms with Gasteiger partial charge in [-0.25, -0.2) is 8.78 Å². The van der Waals surface area contributed by atoms with Gasteiger partial charge < -0.3 is 10.2 Å². The summed E-state index contributed by atoms with van der Waals surface area (Å²) in [6, 6.07) is 3.16. The molecule has 1 aliphatic heterocycles. The second kappa shape index (κ2) is 5.44. The van der Waals surface area contributed by atoms with Gasteiger partial charge in [-0.2, -0.15) is 0 Å². The van der Waals surface area contributed by atoms with Crippen molar-refractivity contribution in [3.63, 3.8) is 0 Å². The lowest BCUT2D eigenvalue weighted by Crippen LogP contribution is -2.44. The summed E-state index contributed by atoms with van der Waals surface area (Å²) in [5.41, 5.74) is -0.0718. The highest BCUT2D eigenvalue weighted by molar-refractivity contribution is 5.94. The second-order valence-corrected chi connectivity index (χ2v) is 4.52. The van der Waals surface area contributed by atoms with Crippen LogP contribution in [0.15, 0.2) is 18.2 Å². The molecule has 0 unspecified atom stereocenters. The van der Waals surface area contributed by atoms with E-state index in [1.54, 1.807) is 11.9 Å². The first-order valence-corrected chi connectivity index (χ1v) is 6.02. The third-order valence-electron chi connectivity index (χ3n) is 3.34. The summed E-state index contributed by atoms with van der Waals surface area (Å²) in [6.07, 6.45) is 1.70. The predicted molar refractivity (Wildman–Crippen MR) is 64.3 cm³/mol. The molecule has 0 atom stereocenters. The standard InChI is InChI=1S/C13H16F2N2O/c1-17(10-4-6-16-7-5-10)13(18)11-3-2-9(14)8-12(11)15/h2-3,8,10,16H,4-7H2,1H3. The van der Waals surface area contributed by atoms with Gasteiger partial charge in [0.15, 0.2) is 0 Å². The van der Waals surface area contributed by atoms with E-state index in [0.29, 0.717) is 0 Å². The molecule has 0 aliphatic carbocycles. The first kappa shape index (κ1) is 13.0. The molecule has 0 saturated carbocycles. The van der Waals surface area contributed by atoms with Crippen molar-refractivity contribution in [1.82, 2.24) is 10.2 Å². The van der Waals surface area contributed by atoms with E-state index >= 15 is 0 Å². The van der Waals surface area contributed by atoms with Crippen LogP contribution in [0.2, 0.25) is 0 Å². The van der Waals surface area contributed by atoms with Crippen molar-refractivity contribution in [2.45, 2.75) is 18.9 Å². The summed E-state index contributed by atoms with van der Waals surface area (Å²) < 4.78 is 26.3. The number of nitrogens with one attached hydrogen (secondary N) is 1. The number of carbonyl (C=O) groups is 1. The van der Waals surface area contributed by atoms with E-state index in [9.17, 15) is 13.6 Å². The van der Waals surface area contributed by atoms with Crippen LogP contribution in [0, 0.1) is 11.6 Å². The molecule has 0 spiro atoms. The van der Waals surface area contributed by atoms with Gasteiger partial charge in [0, 0.05) is 19.2 Å². The highest BCUT2D eigenvalue weighted by atomic mass is 19.1. The molecule has 1 fully saturated rings. The van der Waals surface area contributed by atoms with Crippen LogP contribution in [0.25, 0.3) is 0 Å². The van der Waals surface area contributed by atoms with Crippen molar-refractivity contribution in [3.05, 3.63) is 35.4 Å². The summed E-state index contributed by atoms with van der Waals surface area (Å²) >= 11 is 0. The molecule has 3 nitrogen and oxygen atoms in total. The fraction of sp³-hybridized carbons (Fsp3) is 0.462. The number of hydrogen-bond acceptors (Lipinski definition) is 2. The van der Waals surface area contributed by atoms with E-state index in [1.165, 1.54) is 6.07 Å². The van der Waals surface area contributed by atoms with Crippen LogP contribution in [0.5, 0.6) is 0 Å². The third-order valence-corrected chi connectivity index (χ3v) is 3.34. The molecule has 1 aliphatic rings. The Morgan fingerprint density at radius 1 is 1.33 bits per heavy atom. The molecular formula is C13H16F2N2O. The highest BCUT2D eigenvalue weighted by Gasteiger charge is 2.24. The predicted octanol–water partition coefficient (Wildman–Crippen LogP) is 1.79. The normalized spacial score (nSPS) is 16.6. The Labute approximate surface area is 105 Å². The zero-order valence-electron chi connectivity index (χ0n) is 10.2. The molecular weight excluding hydrogens is 238 g/mol. The smallest absolute Gasteiger partial charge is 0.256 e. The Balaban J connectivity index is 2.14. The van der Waals surface area contributed by atoms with E-state index < -0.39 is 11.6 Å². The van der Waals surface area contributed by atoms with Crippen molar-refractivity contribution in [3.8, 4) is 0 Å². The summed E-state index contributed by atoms with van der Waals surface area (Å²) in [5.74, 6) is -1.87. The first-order chi connectivity index (χ1) is 8.59. The van der Waals surface area contributed by atoms with E-state index in [0.717, 1.165) is 38.1 Å². The highest BCUT2D eigenvalue weighted by Crippen LogP contribution is 2.16. The summed E-state index contributed by atoms with van der Waals surface area (Å²) in [4.78, 5) is 13.7. The quantitative estimate of drug-likeness (QED) is 0.872. The minimum absolute atomic E-state index is 0.0718. The SMILES string of the molecule is CN(C(=O)c1ccc(F)cc1F)C1CCNCC1. The number of benzene rings is 1. The maximum absolute atomic E-state index is 13.5. The molecule has 2 rings (SSSR count). The number of hydrogen-bond donors (Lipinski definition) is 1. The molecule has 0 aromatic heterocycles. The average molecular weight is 254 g/mol.